The monoisotopic (exact) mass is 474 g/mol. The smallest absolute Gasteiger partial charge is 0.325 e. The number of alkyl halides is 3. The summed E-state index contributed by atoms with van der Waals surface area (Å²) in [5.74, 6) is -0.747. The lowest BCUT2D eigenvalue weighted by Gasteiger charge is -2.22. The molecule has 172 valence electrons. The fraction of sp³-hybridized carbons (Fsp3) is 0.304. The van der Waals surface area contributed by atoms with E-state index in [2.05, 4.69) is 15.3 Å². The average molecular weight is 475 g/mol. The second kappa shape index (κ2) is 9.78. The summed E-state index contributed by atoms with van der Waals surface area (Å²) in [5, 5.41) is 2.80. The minimum atomic E-state index is -4.57. The molecule has 2 heterocycles. The van der Waals surface area contributed by atoms with Gasteiger partial charge < -0.3 is 5.32 Å². The van der Waals surface area contributed by atoms with Crippen LogP contribution in [0.5, 0.6) is 0 Å². The number of halogens is 3. The van der Waals surface area contributed by atoms with Crippen LogP contribution in [-0.2, 0) is 30.4 Å². The Bertz CT molecular complexity index is 1210. The van der Waals surface area contributed by atoms with Crippen LogP contribution < -0.4 is 11.0 Å². The number of thioether (sulfide) groups is 1. The molecule has 0 saturated heterocycles. The number of carbonyl (C=O) groups excluding carboxylic acids is 1. The number of amides is 1. The van der Waals surface area contributed by atoms with Crippen molar-refractivity contribution in [2.45, 2.75) is 43.4 Å². The molecule has 1 amide bonds. The van der Waals surface area contributed by atoms with Gasteiger partial charge in [-0.3, -0.25) is 14.3 Å². The molecule has 10 heteroatoms. The molecule has 0 radical (unpaired) electrons. The number of rotatable bonds is 6. The zero-order chi connectivity index (χ0) is 23.4. The topological polar surface area (TPSA) is 76.9 Å². The molecule has 1 aromatic carbocycles. The van der Waals surface area contributed by atoms with E-state index >= 15 is 0 Å². The van der Waals surface area contributed by atoms with E-state index in [0.717, 1.165) is 60.3 Å². The second-order valence-corrected chi connectivity index (χ2v) is 8.62. The van der Waals surface area contributed by atoms with Gasteiger partial charge in [0.25, 0.3) is 0 Å². The molecule has 0 unspecified atom stereocenters. The first-order valence-electron chi connectivity index (χ1n) is 10.4. The summed E-state index contributed by atoms with van der Waals surface area (Å²) in [6, 6.07) is 8.51. The van der Waals surface area contributed by atoms with Crippen molar-refractivity contribution < 1.29 is 18.0 Å². The van der Waals surface area contributed by atoms with Gasteiger partial charge in [0, 0.05) is 23.7 Å². The third-order valence-corrected chi connectivity index (χ3v) is 6.41. The largest absolute Gasteiger partial charge is 0.418 e. The standard InChI is InChI=1S/C23H21F3N4O2S/c24-23(25,26)17-6-2-3-7-18(17)28-20(31)14-33-21-16-5-1-4-8-19(16)30(22(32)29-21)13-15-9-11-27-12-10-15/h2-3,6-7,9-12H,1,4-5,8,13-14H2,(H,28,31). The van der Waals surface area contributed by atoms with Crippen LogP contribution in [0.1, 0.15) is 35.2 Å². The van der Waals surface area contributed by atoms with Crippen molar-refractivity contribution in [2.24, 2.45) is 0 Å². The Morgan fingerprint density at radius 2 is 1.82 bits per heavy atom. The lowest BCUT2D eigenvalue weighted by Crippen LogP contribution is -2.30. The van der Waals surface area contributed by atoms with Gasteiger partial charge in [0.05, 0.1) is 23.5 Å². The van der Waals surface area contributed by atoms with Crippen LogP contribution in [0.2, 0.25) is 0 Å². The number of anilines is 1. The number of fused-ring (bicyclic) bond motifs is 1. The van der Waals surface area contributed by atoms with Gasteiger partial charge in [-0.25, -0.2) is 4.79 Å². The fourth-order valence-electron chi connectivity index (χ4n) is 3.86. The third kappa shape index (κ3) is 5.44. The normalized spacial score (nSPS) is 13.4. The molecule has 1 N–H and O–H groups in total. The summed E-state index contributed by atoms with van der Waals surface area (Å²) < 4.78 is 41.2. The molecular formula is C23H21F3N4O2S. The molecule has 0 bridgehead atoms. The van der Waals surface area contributed by atoms with Crippen LogP contribution >= 0.6 is 11.8 Å². The number of carbonyl (C=O) groups is 1. The highest BCUT2D eigenvalue weighted by Gasteiger charge is 2.33. The predicted octanol–water partition coefficient (Wildman–Crippen LogP) is 4.32. The van der Waals surface area contributed by atoms with Crippen LogP contribution in [0.3, 0.4) is 0 Å². The molecule has 4 rings (SSSR count). The summed E-state index contributed by atoms with van der Waals surface area (Å²) in [6.45, 7) is 0.385. The van der Waals surface area contributed by atoms with Gasteiger partial charge in [-0.15, -0.1) is 0 Å². The van der Waals surface area contributed by atoms with Gasteiger partial charge in [-0.05, 0) is 55.5 Å². The van der Waals surface area contributed by atoms with E-state index in [9.17, 15) is 22.8 Å². The van der Waals surface area contributed by atoms with E-state index in [0.29, 0.717) is 11.6 Å². The lowest BCUT2D eigenvalue weighted by molar-refractivity contribution is -0.137. The SMILES string of the molecule is O=C(CSc1nc(=O)n(Cc2ccncc2)c2c1CCCC2)Nc1ccccc1C(F)(F)F. The first-order valence-corrected chi connectivity index (χ1v) is 11.4. The Hall–Kier alpha value is -3.14. The Morgan fingerprint density at radius 3 is 2.58 bits per heavy atom. The molecule has 1 aliphatic rings. The molecule has 0 spiro atoms. The van der Waals surface area contributed by atoms with Gasteiger partial charge in [0.1, 0.15) is 5.03 Å². The van der Waals surface area contributed by atoms with E-state index in [1.54, 1.807) is 17.0 Å². The van der Waals surface area contributed by atoms with Crippen molar-refractivity contribution in [2.75, 3.05) is 11.1 Å². The van der Waals surface area contributed by atoms with Gasteiger partial charge in [-0.1, -0.05) is 23.9 Å². The number of nitrogens with one attached hydrogen (secondary N) is 1. The second-order valence-electron chi connectivity index (χ2n) is 7.65. The highest BCUT2D eigenvalue weighted by molar-refractivity contribution is 8.00. The minimum Gasteiger partial charge on any atom is -0.325 e. The Kier molecular flexibility index (Phi) is 6.83. The molecular weight excluding hydrogens is 453 g/mol. The highest BCUT2D eigenvalue weighted by Crippen LogP contribution is 2.35. The van der Waals surface area contributed by atoms with Crippen LogP contribution in [0.25, 0.3) is 0 Å². The van der Waals surface area contributed by atoms with Crippen molar-refractivity contribution in [1.82, 2.24) is 14.5 Å². The maximum atomic E-state index is 13.2. The Balaban J connectivity index is 1.53. The maximum Gasteiger partial charge on any atom is 0.418 e. The van der Waals surface area contributed by atoms with E-state index in [4.69, 9.17) is 0 Å². The summed E-state index contributed by atoms with van der Waals surface area (Å²) in [6.07, 6.45) is 2.13. The minimum absolute atomic E-state index is 0.153. The zero-order valence-corrected chi connectivity index (χ0v) is 18.4. The van der Waals surface area contributed by atoms with Gasteiger partial charge in [0.15, 0.2) is 0 Å². The molecule has 1 aliphatic carbocycles. The van der Waals surface area contributed by atoms with E-state index in [1.807, 2.05) is 12.1 Å². The number of hydrogen-bond acceptors (Lipinski definition) is 5. The van der Waals surface area contributed by atoms with E-state index in [-0.39, 0.29) is 11.4 Å². The van der Waals surface area contributed by atoms with Gasteiger partial charge in [-0.2, -0.15) is 18.2 Å². The number of benzene rings is 1. The lowest BCUT2D eigenvalue weighted by atomic mass is 9.97. The summed E-state index contributed by atoms with van der Waals surface area (Å²) >= 11 is 1.08. The zero-order valence-electron chi connectivity index (χ0n) is 17.6. The van der Waals surface area contributed by atoms with Crippen LogP contribution in [0.15, 0.2) is 58.6 Å². The molecule has 33 heavy (non-hydrogen) atoms. The maximum absolute atomic E-state index is 13.2. The van der Waals surface area contributed by atoms with Gasteiger partial charge >= 0.3 is 11.9 Å². The summed E-state index contributed by atoms with van der Waals surface area (Å²) in [5.41, 5.74) is 1.17. The molecule has 3 aromatic rings. The number of para-hydroxylation sites is 1. The summed E-state index contributed by atoms with van der Waals surface area (Å²) in [7, 11) is 0. The van der Waals surface area contributed by atoms with Crippen molar-refractivity contribution in [1.29, 1.82) is 0 Å². The van der Waals surface area contributed by atoms with Crippen LogP contribution in [0.4, 0.5) is 18.9 Å². The van der Waals surface area contributed by atoms with Crippen molar-refractivity contribution in [3.05, 3.63) is 81.7 Å². The number of aromatic nitrogens is 3. The van der Waals surface area contributed by atoms with Crippen molar-refractivity contribution in [3.8, 4) is 0 Å². The van der Waals surface area contributed by atoms with E-state index in [1.165, 1.54) is 18.2 Å². The predicted molar refractivity (Wildman–Crippen MR) is 119 cm³/mol. The number of pyridine rings is 1. The average Bonchev–Trinajstić information content (AvgIpc) is 2.80. The molecule has 0 aliphatic heterocycles. The van der Waals surface area contributed by atoms with Crippen molar-refractivity contribution in [3.63, 3.8) is 0 Å². The summed E-state index contributed by atoms with van der Waals surface area (Å²) in [4.78, 5) is 33.4. The quantitative estimate of drug-likeness (QED) is 0.426. The van der Waals surface area contributed by atoms with Crippen molar-refractivity contribution >= 4 is 23.4 Å². The number of nitrogens with zero attached hydrogens (tertiary/aromatic N) is 3. The van der Waals surface area contributed by atoms with Crippen LogP contribution in [0, 0.1) is 0 Å². The first kappa shape index (κ1) is 23.0. The molecule has 0 fully saturated rings. The fourth-order valence-corrected chi connectivity index (χ4v) is 4.74. The third-order valence-electron chi connectivity index (χ3n) is 5.39. The molecule has 0 saturated carbocycles. The Labute approximate surface area is 192 Å². The Morgan fingerprint density at radius 1 is 1.09 bits per heavy atom. The number of hydrogen-bond donors (Lipinski definition) is 1. The van der Waals surface area contributed by atoms with Gasteiger partial charge in [0.2, 0.25) is 5.91 Å². The molecule has 0 atom stereocenters. The first-order chi connectivity index (χ1) is 15.8. The highest BCUT2D eigenvalue weighted by atomic mass is 32.2. The molecule has 6 nitrogen and oxygen atoms in total. The van der Waals surface area contributed by atoms with E-state index < -0.39 is 23.3 Å². The molecule has 2 aromatic heterocycles. The van der Waals surface area contributed by atoms with Crippen LogP contribution in [-0.4, -0.2) is 26.2 Å².